The van der Waals surface area contributed by atoms with Crippen molar-refractivity contribution in [1.29, 1.82) is 0 Å². The highest BCUT2D eigenvalue weighted by molar-refractivity contribution is 8.00. The first-order valence-electron chi connectivity index (χ1n) is 18.1. The molecule has 5 heteroatoms. The van der Waals surface area contributed by atoms with Crippen molar-refractivity contribution >= 4 is 56.9 Å². The lowest BCUT2D eigenvalue weighted by Gasteiger charge is -2.33. The molecule has 0 atom stereocenters. The average Bonchev–Trinajstić information content (AvgIpc) is 3.58. The van der Waals surface area contributed by atoms with E-state index in [1.165, 1.54) is 31.8 Å². The number of benzene rings is 7. The molecule has 2 aromatic heterocycles. The van der Waals surface area contributed by atoms with Crippen molar-refractivity contribution in [1.82, 2.24) is 9.55 Å². The predicted molar refractivity (Wildman–Crippen MR) is 225 cm³/mol. The molecule has 3 heterocycles. The maximum Gasteiger partial charge on any atom is 0.137 e. The summed E-state index contributed by atoms with van der Waals surface area (Å²) in [5.74, 6) is 1.15. The summed E-state index contributed by atoms with van der Waals surface area (Å²) >= 11 is 1.86. The monoisotopic (exact) mass is 710 g/mol. The Morgan fingerprint density at radius 3 is 1.80 bits per heavy atom. The van der Waals surface area contributed by atoms with E-state index in [-0.39, 0.29) is 0 Å². The molecule has 1 aliphatic rings. The summed E-state index contributed by atoms with van der Waals surface area (Å²) in [5, 5.41) is 1.25. The molecule has 54 heavy (non-hydrogen) atoms. The lowest BCUT2D eigenvalue weighted by atomic mass is 10.0. The third-order valence-electron chi connectivity index (χ3n) is 10.0. The number of aromatic nitrogens is 2. The number of hydrogen-bond acceptors (Lipinski definition) is 4. The normalized spacial score (nSPS) is 12.0. The smallest absolute Gasteiger partial charge is 0.137 e. The fourth-order valence-corrected chi connectivity index (χ4v) is 8.72. The Bertz CT molecular complexity index is 2730. The van der Waals surface area contributed by atoms with Gasteiger partial charge in [-0.2, -0.15) is 0 Å². The van der Waals surface area contributed by atoms with Gasteiger partial charge >= 0.3 is 0 Å². The number of pyridine rings is 1. The van der Waals surface area contributed by atoms with Gasteiger partial charge < -0.3 is 4.90 Å². The van der Waals surface area contributed by atoms with Crippen molar-refractivity contribution in [3.05, 3.63) is 207 Å². The summed E-state index contributed by atoms with van der Waals surface area (Å²) in [6, 6.07) is 69.4. The molecule has 0 unspecified atom stereocenters. The summed E-state index contributed by atoms with van der Waals surface area (Å²) in [5.41, 5.74) is 12.5. The second kappa shape index (κ2) is 13.6. The third kappa shape index (κ3) is 5.63. The molecule has 0 N–H and O–H groups in total. The maximum atomic E-state index is 4.33. The quantitative estimate of drug-likeness (QED) is 0.164. The largest absolute Gasteiger partial charge is 0.310 e. The van der Waals surface area contributed by atoms with Gasteiger partial charge in [0.05, 0.1) is 16.1 Å². The van der Waals surface area contributed by atoms with E-state index in [4.69, 9.17) is 0 Å². The van der Waals surface area contributed by atoms with E-state index in [2.05, 4.69) is 213 Å². The van der Waals surface area contributed by atoms with Crippen LogP contribution in [0, 0.1) is 0 Å². The van der Waals surface area contributed by atoms with Crippen molar-refractivity contribution in [2.24, 2.45) is 0 Å². The lowest BCUT2D eigenvalue weighted by molar-refractivity contribution is 1.03. The molecular formula is C49H34N4S. The Balaban J connectivity index is 1.10. The zero-order valence-electron chi connectivity index (χ0n) is 29.3. The molecular weight excluding hydrogens is 677 g/mol. The Hall–Kier alpha value is -6.82. The minimum absolute atomic E-state index is 1.05. The fraction of sp³-hybridized carbons (Fsp3) is 0. The average molecular weight is 711 g/mol. The van der Waals surface area contributed by atoms with Crippen LogP contribution in [0.5, 0.6) is 0 Å². The summed E-state index contributed by atoms with van der Waals surface area (Å²) in [6.07, 6.45) is 3.71. The first kappa shape index (κ1) is 31.9. The van der Waals surface area contributed by atoms with Gasteiger partial charge in [-0.1, -0.05) is 127 Å². The molecule has 4 nitrogen and oxygen atoms in total. The number of nitrogens with zero attached hydrogens (tertiary/aromatic N) is 4. The molecule has 7 aromatic carbocycles. The zero-order valence-corrected chi connectivity index (χ0v) is 30.1. The van der Waals surface area contributed by atoms with Gasteiger partial charge in [0, 0.05) is 51.1 Å². The van der Waals surface area contributed by atoms with Crippen molar-refractivity contribution in [3.8, 4) is 27.9 Å². The van der Waals surface area contributed by atoms with Gasteiger partial charge in [-0.05, 0) is 101 Å². The molecule has 0 radical (unpaired) electrons. The van der Waals surface area contributed by atoms with Crippen LogP contribution in [-0.2, 0) is 0 Å². The van der Waals surface area contributed by atoms with Gasteiger partial charge in [0.15, 0.2) is 0 Å². The zero-order chi connectivity index (χ0) is 35.8. The second-order valence-electron chi connectivity index (χ2n) is 13.3. The van der Waals surface area contributed by atoms with Gasteiger partial charge in [0.1, 0.15) is 5.82 Å². The summed E-state index contributed by atoms with van der Waals surface area (Å²) in [4.78, 5) is 11.5. The molecule has 0 amide bonds. The number of para-hydroxylation sites is 3. The molecule has 0 saturated carbocycles. The van der Waals surface area contributed by atoms with Gasteiger partial charge in [0.2, 0.25) is 0 Å². The van der Waals surface area contributed by atoms with E-state index in [1.54, 1.807) is 0 Å². The molecule has 0 aliphatic carbocycles. The number of fused-ring (bicyclic) bond motifs is 4. The molecule has 1 aliphatic heterocycles. The van der Waals surface area contributed by atoms with Gasteiger partial charge in [0.25, 0.3) is 0 Å². The van der Waals surface area contributed by atoms with Crippen molar-refractivity contribution < 1.29 is 0 Å². The van der Waals surface area contributed by atoms with Crippen LogP contribution in [0.1, 0.15) is 0 Å². The highest BCUT2D eigenvalue weighted by atomic mass is 32.2. The standard InChI is InChI=1S/C49H34N4S/c1-4-13-35(14-5-1)36-23-26-41(27-24-36)51(42-29-31-50-32-30-42)43-20-12-15-37(33-43)38-25-28-47-46(34-38)53(40-18-8-3-9-19-40)49-48(54-47)44-21-10-11-22-45(44)52(49)39-16-6-2-7-17-39/h1-34H. The first-order chi connectivity index (χ1) is 26.8. The van der Waals surface area contributed by atoms with Gasteiger partial charge in [-0.15, -0.1) is 0 Å². The van der Waals surface area contributed by atoms with Gasteiger partial charge in [-0.25, -0.2) is 0 Å². The van der Waals surface area contributed by atoms with E-state index in [0.29, 0.717) is 0 Å². The predicted octanol–water partition coefficient (Wildman–Crippen LogP) is 13.8. The Labute approximate surface area is 319 Å². The highest BCUT2D eigenvalue weighted by Gasteiger charge is 2.32. The van der Waals surface area contributed by atoms with E-state index in [0.717, 1.165) is 51.1 Å². The van der Waals surface area contributed by atoms with E-state index in [1.807, 2.05) is 24.2 Å². The van der Waals surface area contributed by atoms with Crippen LogP contribution in [0.2, 0.25) is 0 Å². The molecule has 10 rings (SSSR count). The Morgan fingerprint density at radius 2 is 1.04 bits per heavy atom. The maximum absolute atomic E-state index is 4.33. The first-order valence-corrected chi connectivity index (χ1v) is 18.9. The number of rotatable bonds is 7. The van der Waals surface area contributed by atoms with Crippen LogP contribution in [0.25, 0.3) is 38.8 Å². The molecule has 9 aromatic rings. The topological polar surface area (TPSA) is 24.3 Å². The van der Waals surface area contributed by atoms with Crippen LogP contribution in [0.3, 0.4) is 0 Å². The highest BCUT2D eigenvalue weighted by Crippen LogP contribution is 2.56. The number of hydrogen-bond donors (Lipinski definition) is 0. The van der Waals surface area contributed by atoms with Crippen molar-refractivity contribution in [3.63, 3.8) is 0 Å². The Kier molecular flexibility index (Phi) is 8.04. The number of anilines is 6. The van der Waals surface area contributed by atoms with Crippen molar-refractivity contribution in [2.75, 3.05) is 9.80 Å². The summed E-state index contributed by atoms with van der Waals surface area (Å²) in [6.45, 7) is 0. The molecule has 0 spiro atoms. The van der Waals surface area contributed by atoms with Gasteiger partial charge in [-0.3, -0.25) is 14.5 Å². The molecule has 0 saturated heterocycles. The van der Waals surface area contributed by atoms with Crippen LogP contribution in [0.15, 0.2) is 216 Å². The summed E-state index contributed by atoms with van der Waals surface area (Å²) in [7, 11) is 0. The fourth-order valence-electron chi connectivity index (χ4n) is 7.56. The second-order valence-corrected chi connectivity index (χ2v) is 14.4. The minimum atomic E-state index is 1.05. The summed E-state index contributed by atoms with van der Waals surface area (Å²) < 4.78 is 2.41. The van der Waals surface area contributed by atoms with E-state index < -0.39 is 0 Å². The van der Waals surface area contributed by atoms with Crippen molar-refractivity contribution in [2.45, 2.75) is 9.79 Å². The molecule has 256 valence electrons. The lowest BCUT2D eigenvalue weighted by Crippen LogP contribution is -2.18. The SMILES string of the molecule is c1ccc(-c2ccc(N(c3ccncc3)c3cccc(-c4ccc5c(c4)N(c4ccccc4)c4c(c6ccccc6n4-c4ccccc4)S5)c3)cc2)cc1. The van der Waals surface area contributed by atoms with E-state index in [9.17, 15) is 0 Å². The van der Waals surface area contributed by atoms with Crippen LogP contribution >= 0.6 is 11.8 Å². The van der Waals surface area contributed by atoms with E-state index >= 15 is 0 Å². The minimum Gasteiger partial charge on any atom is -0.310 e. The van der Waals surface area contributed by atoms with Crippen LogP contribution in [-0.4, -0.2) is 9.55 Å². The third-order valence-corrected chi connectivity index (χ3v) is 11.2. The molecule has 0 fully saturated rings. The Morgan fingerprint density at radius 1 is 0.444 bits per heavy atom. The van der Waals surface area contributed by atoms with Crippen LogP contribution < -0.4 is 9.80 Å². The van der Waals surface area contributed by atoms with Crippen LogP contribution in [0.4, 0.5) is 34.3 Å². The molecule has 0 bridgehead atoms.